The van der Waals surface area contributed by atoms with Crippen LogP contribution in [0.25, 0.3) is 0 Å². The molecule has 0 fully saturated rings. The molecule has 3 unspecified atom stereocenters. The maximum atomic E-state index is 12.2. The molecule has 0 heterocycles. The van der Waals surface area contributed by atoms with Gasteiger partial charge in [-0.3, -0.25) is 13.8 Å². The summed E-state index contributed by atoms with van der Waals surface area (Å²) in [6.07, 6.45) is 19.5. The number of allylic oxidation sites excluding steroid dienone is 6. The van der Waals surface area contributed by atoms with Crippen molar-refractivity contribution in [3.63, 3.8) is 0 Å². The number of hydrogen-bond donors (Lipinski definition) is 4. The highest BCUT2D eigenvalue weighted by molar-refractivity contribution is 7.47. The summed E-state index contributed by atoms with van der Waals surface area (Å²) in [5, 5.41) is 17.8. The standard InChI is InChI=1S/C23H42NO7P/c1-2-3-4-5-6-7-8-9-10-11-12-13-14-15-16-17-22(27)23(18-24)31-32(28,29)30-20-21(26)19-25/h3-4,6-7,9-10,21,23,25-26H,2,5,8,11-20,24H2,1H3,(H,28,29)/b4-3-,7-6-,10-9-. The molecule has 0 aromatic heterocycles. The first-order valence-electron chi connectivity index (χ1n) is 11.5. The molecule has 0 aromatic rings. The van der Waals surface area contributed by atoms with E-state index in [2.05, 4.69) is 47.9 Å². The number of hydrogen-bond acceptors (Lipinski definition) is 7. The molecule has 0 bridgehead atoms. The number of phosphoric ester groups is 1. The SMILES string of the molecule is CC/C=C\C/C=C\C/C=C\CCCCCCCC(=O)C(CN)OP(=O)(O)OCC(O)CO. The van der Waals surface area contributed by atoms with Crippen molar-refractivity contribution in [1.29, 1.82) is 0 Å². The summed E-state index contributed by atoms with van der Waals surface area (Å²) in [5.74, 6) is -0.353. The fourth-order valence-corrected chi connectivity index (χ4v) is 3.68. The number of rotatable bonds is 21. The number of carbonyl (C=O) groups excluding carboxylic acids is 1. The van der Waals surface area contributed by atoms with Crippen LogP contribution < -0.4 is 5.73 Å². The van der Waals surface area contributed by atoms with Gasteiger partial charge < -0.3 is 20.8 Å². The first-order chi connectivity index (χ1) is 15.4. The summed E-state index contributed by atoms with van der Waals surface area (Å²) in [4.78, 5) is 21.8. The molecule has 0 aliphatic heterocycles. The summed E-state index contributed by atoms with van der Waals surface area (Å²) in [6.45, 7) is 0.676. The average Bonchev–Trinajstić information content (AvgIpc) is 2.78. The lowest BCUT2D eigenvalue weighted by Gasteiger charge is -2.19. The number of unbranched alkanes of at least 4 members (excludes halogenated alkanes) is 5. The van der Waals surface area contributed by atoms with Crippen LogP contribution in [0.5, 0.6) is 0 Å². The van der Waals surface area contributed by atoms with Gasteiger partial charge in [-0.1, -0.05) is 62.6 Å². The Balaban J connectivity index is 3.86. The van der Waals surface area contributed by atoms with Gasteiger partial charge >= 0.3 is 7.82 Å². The number of ketones is 1. The Morgan fingerprint density at radius 2 is 1.59 bits per heavy atom. The Kier molecular flexibility index (Phi) is 19.8. The maximum absolute atomic E-state index is 12.2. The zero-order chi connectivity index (χ0) is 24.1. The van der Waals surface area contributed by atoms with Crippen molar-refractivity contribution in [2.75, 3.05) is 19.8 Å². The maximum Gasteiger partial charge on any atom is 0.473 e. The van der Waals surface area contributed by atoms with Crippen LogP contribution in [-0.4, -0.2) is 52.9 Å². The number of phosphoric acid groups is 1. The van der Waals surface area contributed by atoms with Crippen molar-refractivity contribution >= 4 is 13.6 Å². The summed E-state index contributed by atoms with van der Waals surface area (Å²) < 4.78 is 21.2. The molecule has 0 rings (SSSR count). The van der Waals surface area contributed by atoms with Gasteiger partial charge in [-0.2, -0.15) is 0 Å². The van der Waals surface area contributed by atoms with Crippen LogP contribution in [0.2, 0.25) is 0 Å². The highest BCUT2D eigenvalue weighted by atomic mass is 31.2. The van der Waals surface area contributed by atoms with Gasteiger partial charge in [0.1, 0.15) is 12.2 Å². The smallest absolute Gasteiger partial charge is 0.394 e. The Hall–Kier alpha value is -1.12. The third-order valence-electron chi connectivity index (χ3n) is 4.55. The largest absolute Gasteiger partial charge is 0.473 e. The molecule has 3 atom stereocenters. The van der Waals surface area contributed by atoms with Crippen LogP contribution in [-0.2, 0) is 18.4 Å². The first kappa shape index (κ1) is 30.9. The summed E-state index contributed by atoms with van der Waals surface area (Å²) in [6, 6.07) is 0. The Bertz CT molecular complexity index is 607. The second-order valence-electron chi connectivity index (χ2n) is 7.50. The number of aliphatic hydroxyl groups excluding tert-OH is 2. The lowest BCUT2D eigenvalue weighted by atomic mass is 10.1. The Morgan fingerprint density at radius 1 is 1.00 bits per heavy atom. The van der Waals surface area contributed by atoms with E-state index in [4.69, 9.17) is 20.5 Å². The van der Waals surface area contributed by atoms with Gasteiger partial charge in [0.05, 0.1) is 13.2 Å². The molecular formula is C23H42NO7P. The summed E-state index contributed by atoms with van der Waals surface area (Å²) in [5.41, 5.74) is 5.48. The highest BCUT2D eigenvalue weighted by Crippen LogP contribution is 2.44. The molecule has 0 radical (unpaired) electrons. The van der Waals surface area contributed by atoms with Crippen LogP contribution in [0.15, 0.2) is 36.5 Å². The van der Waals surface area contributed by atoms with E-state index in [0.29, 0.717) is 6.42 Å². The molecule has 0 saturated heterocycles. The third kappa shape index (κ3) is 18.5. The van der Waals surface area contributed by atoms with Gasteiger partial charge in [0, 0.05) is 13.0 Å². The first-order valence-corrected chi connectivity index (χ1v) is 13.0. The van der Waals surface area contributed by atoms with Crippen LogP contribution in [0.1, 0.15) is 71.1 Å². The Labute approximate surface area is 192 Å². The van der Waals surface area contributed by atoms with E-state index in [1.54, 1.807) is 0 Å². The topological polar surface area (TPSA) is 139 Å². The number of Topliss-reactive ketones (excluding diaryl/α,β-unsaturated/α-hetero) is 1. The highest BCUT2D eigenvalue weighted by Gasteiger charge is 2.30. The van der Waals surface area contributed by atoms with Crippen molar-refractivity contribution in [3.8, 4) is 0 Å². The second kappa shape index (κ2) is 20.5. The molecule has 0 saturated carbocycles. The van der Waals surface area contributed by atoms with Crippen molar-refractivity contribution in [2.45, 2.75) is 83.3 Å². The molecule has 0 aromatic carbocycles. The lowest BCUT2D eigenvalue weighted by molar-refractivity contribution is -0.126. The number of nitrogens with two attached hydrogens (primary N) is 1. The normalized spacial score (nSPS) is 16.2. The molecule has 0 aliphatic rings. The molecule has 5 N–H and O–H groups in total. The molecule has 186 valence electrons. The average molecular weight is 476 g/mol. The van der Waals surface area contributed by atoms with E-state index < -0.39 is 33.2 Å². The fraction of sp³-hybridized carbons (Fsp3) is 0.696. The minimum Gasteiger partial charge on any atom is -0.394 e. The molecule has 0 aliphatic carbocycles. The van der Waals surface area contributed by atoms with Crippen LogP contribution in [0, 0.1) is 0 Å². The second-order valence-corrected chi connectivity index (χ2v) is 8.90. The van der Waals surface area contributed by atoms with E-state index in [1.807, 2.05) is 0 Å². The van der Waals surface area contributed by atoms with E-state index >= 15 is 0 Å². The van der Waals surface area contributed by atoms with E-state index in [1.165, 1.54) is 0 Å². The minimum atomic E-state index is -4.55. The quantitative estimate of drug-likeness (QED) is 0.111. The van der Waals surface area contributed by atoms with E-state index in [-0.39, 0.29) is 18.7 Å². The van der Waals surface area contributed by atoms with Crippen molar-refractivity contribution in [3.05, 3.63) is 36.5 Å². The minimum absolute atomic E-state index is 0.209. The van der Waals surface area contributed by atoms with Gasteiger partial charge in [0.25, 0.3) is 0 Å². The zero-order valence-electron chi connectivity index (χ0n) is 19.3. The van der Waals surface area contributed by atoms with Crippen molar-refractivity contribution < 1.29 is 33.5 Å². The third-order valence-corrected chi connectivity index (χ3v) is 5.54. The Morgan fingerprint density at radius 3 is 2.22 bits per heavy atom. The zero-order valence-corrected chi connectivity index (χ0v) is 20.2. The molecule has 0 spiro atoms. The van der Waals surface area contributed by atoms with Gasteiger partial charge in [-0.15, -0.1) is 0 Å². The number of carbonyl (C=O) groups is 1. The molecule has 0 amide bonds. The molecule has 32 heavy (non-hydrogen) atoms. The van der Waals surface area contributed by atoms with Crippen molar-refractivity contribution in [2.24, 2.45) is 5.73 Å². The van der Waals surface area contributed by atoms with Crippen LogP contribution >= 0.6 is 7.82 Å². The predicted octanol–water partition coefficient (Wildman–Crippen LogP) is 3.96. The van der Waals surface area contributed by atoms with Gasteiger partial charge in [0.15, 0.2) is 5.78 Å². The fourth-order valence-electron chi connectivity index (χ4n) is 2.74. The summed E-state index contributed by atoms with van der Waals surface area (Å²) >= 11 is 0. The summed E-state index contributed by atoms with van der Waals surface area (Å²) in [7, 11) is -4.55. The van der Waals surface area contributed by atoms with Gasteiger partial charge in [-0.25, -0.2) is 4.57 Å². The van der Waals surface area contributed by atoms with Crippen LogP contribution in [0.4, 0.5) is 0 Å². The predicted molar refractivity (Wildman–Crippen MR) is 127 cm³/mol. The van der Waals surface area contributed by atoms with Crippen LogP contribution in [0.3, 0.4) is 0 Å². The molecule has 9 heteroatoms. The van der Waals surface area contributed by atoms with Gasteiger partial charge in [0.2, 0.25) is 0 Å². The molecule has 8 nitrogen and oxygen atoms in total. The van der Waals surface area contributed by atoms with Crippen molar-refractivity contribution in [1.82, 2.24) is 0 Å². The van der Waals surface area contributed by atoms with E-state index in [9.17, 15) is 14.3 Å². The molecular weight excluding hydrogens is 433 g/mol. The lowest BCUT2D eigenvalue weighted by Crippen LogP contribution is -2.32. The number of aliphatic hydroxyl groups is 2. The van der Waals surface area contributed by atoms with Gasteiger partial charge in [-0.05, 0) is 38.5 Å². The van der Waals surface area contributed by atoms with E-state index in [0.717, 1.165) is 51.4 Å². The monoisotopic (exact) mass is 475 g/mol.